The van der Waals surface area contributed by atoms with Crippen LogP contribution in [0.15, 0.2) is 24.3 Å². The molecule has 1 aliphatic carbocycles. The summed E-state index contributed by atoms with van der Waals surface area (Å²) in [6.07, 6.45) is 4.67. The molecule has 110 valence electrons. The molecule has 0 aromatic heterocycles. The van der Waals surface area contributed by atoms with E-state index in [1.165, 1.54) is 43.5 Å². The van der Waals surface area contributed by atoms with Gasteiger partial charge in [0.1, 0.15) is 11.6 Å². The zero-order chi connectivity index (χ0) is 14.4. The number of amides is 1. The highest BCUT2D eigenvalue weighted by Crippen LogP contribution is 2.19. The first-order valence-electron chi connectivity index (χ1n) is 7.11. The van der Waals surface area contributed by atoms with Crippen LogP contribution in [0.25, 0.3) is 0 Å². The maximum Gasteiger partial charge on any atom is 0.224 e. The number of hydrogen-bond donors (Lipinski definition) is 3. The van der Waals surface area contributed by atoms with Crippen LogP contribution in [0.3, 0.4) is 0 Å². The van der Waals surface area contributed by atoms with Gasteiger partial charge in [0.25, 0.3) is 0 Å². The van der Waals surface area contributed by atoms with Crippen molar-refractivity contribution in [2.24, 2.45) is 5.92 Å². The molecule has 1 saturated heterocycles. The first kappa shape index (κ1) is 14.8. The molecule has 5 heteroatoms. The molecule has 1 unspecified atom stereocenters. The molecule has 2 fully saturated rings. The average Bonchev–Trinajstić information content (AvgIpc) is 2.92. The van der Waals surface area contributed by atoms with Gasteiger partial charge in [0, 0.05) is 12.6 Å². The van der Waals surface area contributed by atoms with Gasteiger partial charge in [-0.25, -0.2) is 4.39 Å². The van der Waals surface area contributed by atoms with E-state index in [1.54, 1.807) is 0 Å². The Bertz CT molecular complexity index is 405. The number of carbonyl (C=O) groups is 1. The number of phenolic OH excluding ortho intramolecular Hbond substituents is 1. The molecule has 4 nitrogen and oxygen atoms in total. The number of hydrogen-bond acceptors (Lipinski definition) is 3. The number of aromatic hydroxyl groups is 1. The lowest BCUT2D eigenvalue weighted by molar-refractivity contribution is -0.125. The Kier molecular flexibility index (Phi) is 5.35. The van der Waals surface area contributed by atoms with E-state index >= 15 is 0 Å². The molecular formula is C15H21FN2O2. The number of rotatable bonds is 2. The van der Waals surface area contributed by atoms with Crippen LogP contribution in [-0.4, -0.2) is 30.1 Å². The summed E-state index contributed by atoms with van der Waals surface area (Å²) in [4.78, 5) is 11.5. The van der Waals surface area contributed by atoms with Gasteiger partial charge in [-0.2, -0.15) is 0 Å². The Morgan fingerprint density at radius 3 is 2.40 bits per heavy atom. The second kappa shape index (κ2) is 7.24. The summed E-state index contributed by atoms with van der Waals surface area (Å²) in [7, 11) is 0. The van der Waals surface area contributed by atoms with Gasteiger partial charge in [-0.05, 0) is 56.5 Å². The standard InChI is InChI=1S/C9H16N2O.C6H5FO/c12-9(7-4-5-10-6-7)11-8-2-1-3-8;7-5-1-3-6(8)4-2-5/h7-8,10H,1-6H2,(H,11,12);1-4,8H. The van der Waals surface area contributed by atoms with E-state index in [1.807, 2.05) is 0 Å². The minimum Gasteiger partial charge on any atom is -0.508 e. The highest BCUT2D eigenvalue weighted by atomic mass is 19.1. The molecule has 20 heavy (non-hydrogen) atoms. The van der Waals surface area contributed by atoms with Crippen molar-refractivity contribution in [3.05, 3.63) is 30.1 Å². The fraction of sp³-hybridized carbons (Fsp3) is 0.533. The first-order valence-corrected chi connectivity index (χ1v) is 7.11. The van der Waals surface area contributed by atoms with E-state index < -0.39 is 0 Å². The number of halogens is 1. The summed E-state index contributed by atoms with van der Waals surface area (Å²) in [6.45, 7) is 1.88. The molecule has 0 bridgehead atoms. The predicted molar refractivity (Wildman–Crippen MR) is 74.8 cm³/mol. The van der Waals surface area contributed by atoms with Crippen LogP contribution in [0.2, 0.25) is 0 Å². The van der Waals surface area contributed by atoms with Gasteiger partial charge in [-0.1, -0.05) is 0 Å². The molecule has 1 aliphatic heterocycles. The lowest BCUT2D eigenvalue weighted by atomic mass is 9.92. The first-order chi connectivity index (χ1) is 9.65. The Balaban J connectivity index is 0.000000160. The zero-order valence-corrected chi connectivity index (χ0v) is 11.4. The third-order valence-electron chi connectivity index (χ3n) is 3.71. The lowest BCUT2D eigenvalue weighted by Gasteiger charge is -2.27. The van der Waals surface area contributed by atoms with Crippen molar-refractivity contribution in [1.29, 1.82) is 0 Å². The molecule has 0 spiro atoms. The predicted octanol–water partition coefficient (Wildman–Crippen LogP) is 1.80. The fourth-order valence-electron chi connectivity index (χ4n) is 2.19. The van der Waals surface area contributed by atoms with Crippen LogP contribution in [0.5, 0.6) is 5.75 Å². The molecule has 0 radical (unpaired) electrons. The van der Waals surface area contributed by atoms with Gasteiger partial charge in [0.05, 0.1) is 5.92 Å². The molecule has 2 aliphatic rings. The minimum absolute atomic E-state index is 0.0893. The number of benzene rings is 1. The fourth-order valence-corrected chi connectivity index (χ4v) is 2.19. The topological polar surface area (TPSA) is 61.4 Å². The maximum atomic E-state index is 12.0. The Morgan fingerprint density at radius 1 is 1.25 bits per heavy atom. The second-order valence-corrected chi connectivity index (χ2v) is 5.30. The summed E-state index contributed by atoms with van der Waals surface area (Å²) < 4.78 is 12.0. The van der Waals surface area contributed by atoms with Crippen molar-refractivity contribution in [3.63, 3.8) is 0 Å². The Hall–Kier alpha value is -1.62. The quantitative estimate of drug-likeness (QED) is 0.774. The third kappa shape index (κ3) is 4.49. The van der Waals surface area contributed by atoms with Crippen molar-refractivity contribution in [2.45, 2.75) is 31.7 Å². The van der Waals surface area contributed by atoms with Gasteiger partial charge in [-0.3, -0.25) is 4.79 Å². The zero-order valence-electron chi connectivity index (χ0n) is 11.4. The molecule has 1 saturated carbocycles. The van der Waals surface area contributed by atoms with Crippen molar-refractivity contribution < 1.29 is 14.3 Å². The van der Waals surface area contributed by atoms with E-state index in [0.29, 0.717) is 6.04 Å². The van der Waals surface area contributed by atoms with Gasteiger partial charge >= 0.3 is 0 Å². The molecule has 1 amide bonds. The largest absolute Gasteiger partial charge is 0.508 e. The van der Waals surface area contributed by atoms with E-state index in [-0.39, 0.29) is 23.4 Å². The van der Waals surface area contributed by atoms with Crippen LogP contribution in [0.1, 0.15) is 25.7 Å². The second-order valence-electron chi connectivity index (χ2n) is 5.30. The SMILES string of the molecule is O=C(NC1CCC1)C1CCNC1.Oc1ccc(F)cc1. The van der Waals surface area contributed by atoms with E-state index in [2.05, 4.69) is 10.6 Å². The summed E-state index contributed by atoms with van der Waals surface area (Å²) in [5, 5.41) is 14.9. The highest BCUT2D eigenvalue weighted by molar-refractivity contribution is 5.79. The van der Waals surface area contributed by atoms with Crippen molar-refractivity contribution in [1.82, 2.24) is 10.6 Å². The van der Waals surface area contributed by atoms with Crippen molar-refractivity contribution in [2.75, 3.05) is 13.1 Å². The Labute approximate surface area is 118 Å². The number of phenols is 1. The lowest BCUT2D eigenvalue weighted by Crippen LogP contribution is -2.43. The summed E-state index contributed by atoms with van der Waals surface area (Å²) in [5.41, 5.74) is 0. The molecule has 1 aromatic rings. The number of nitrogens with one attached hydrogen (secondary N) is 2. The van der Waals surface area contributed by atoms with E-state index in [9.17, 15) is 9.18 Å². The minimum atomic E-state index is -0.331. The van der Waals surface area contributed by atoms with Crippen LogP contribution in [-0.2, 0) is 4.79 Å². The van der Waals surface area contributed by atoms with Crippen LogP contribution < -0.4 is 10.6 Å². The summed E-state index contributed by atoms with van der Waals surface area (Å²) >= 11 is 0. The third-order valence-corrected chi connectivity index (χ3v) is 3.71. The van der Waals surface area contributed by atoms with Crippen LogP contribution in [0.4, 0.5) is 4.39 Å². The maximum absolute atomic E-state index is 12.0. The summed E-state index contributed by atoms with van der Waals surface area (Å²) in [6, 6.07) is 5.51. The highest BCUT2D eigenvalue weighted by Gasteiger charge is 2.26. The molecule has 1 atom stereocenters. The van der Waals surface area contributed by atoms with Gasteiger partial charge < -0.3 is 15.7 Å². The molecule has 1 aromatic carbocycles. The molecule has 1 heterocycles. The van der Waals surface area contributed by atoms with Crippen LogP contribution in [0, 0.1) is 11.7 Å². The van der Waals surface area contributed by atoms with Crippen molar-refractivity contribution >= 4 is 5.91 Å². The molecular weight excluding hydrogens is 259 g/mol. The molecule has 3 rings (SSSR count). The van der Waals surface area contributed by atoms with E-state index in [0.717, 1.165) is 19.5 Å². The average molecular weight is 280 g/mol. The van der Waals surface area contributed by atoms with Crippen LogP contribution >= 0.6 is 0 Å². The molecule has 3 N–H and O–H groups in total. The smallest absolute Gasteiger partial charge is 0.224 e. The van der Waals surface area contributed by atoms with Gasteiger partial charge in [-0.15, -0.1) is 0 Å². The van der Waals surface area contributed by atoms with Gasteiger partial charge in [0.15, 0.2) is 0 Å². The summed E-state index contributed by atoms with van der Waals surface area (Å²) in [5.74, 6) is 0.268. The number of carbonyl (C=O) groups excluding carboxylic acids is 1. The monoisotopic (exact) mass is 280 g/mol. The van der Waals surface area contributed by atoms with Crippen molar-refractivity contribution in [3.8, 4) is 5.75 Å². The normalized spacial score (nSPS) is 21.6. The Morgan fingerprint density at radius 2 is 1.95 bits per heavy atom. The van der Waals surface area contributed by atoms with Gasteiger partial charge in [0.2, 0.25) is 5.91 Å². The van der Waals surface area contributed by atoms with E-state index in [4.69, 9.17) is 5.11 Å².